The number of nitrogens with one attached hydrogen (secondary N) is 2. The van der Waals surface area contributed by atoms with Crippen molar-refractivity contribution in [2.75, 3.05) is 20.2 Å². The summed E-state index contributed by atoms with van der Waals surface area (Å²) in [5, 5.41) is 11.2. The van der Waals surface area contributed by atoms with Gasteiger partial charge < -0.3 is 15.0 Å². The Morgan fingerprint density at radius 3 is 2.60 bits per heavy atom. The number of amides is 1. The van der Waals surface area contributed by atoms with Gasteiger partial charge in [-0.3, -0.25) is 15.2 Å². The van der Waals surface area contributed by atoms with E-state index in [0.29, 0.717) is 11.9 Å². The maximum Gasteiger partial charge on any atom is 0.417 e. The monoisotopic (exact) mass is 497 g/mol. The van der Waals surface area contributed by atoms with Crippen LogP contribution in [0.25, 0.3) is 5.57 Å². The lowest BCUT2D eigenvalue weighted by molar-refractivity contribution is -0.148. The molecule has 1 amide bonds. The minimum atomic E-state index is -4.56. The van der Waals surface area contributed by atoms with Gasteiger partial charge in [-0.15, -0.1) is 0 Å². The molecule has 0 aliphatic carbocycles. The van der Waals surface area contributed by atoms with Crippen molar-refractivity contribution in [1.82, 2.24) is 20.2 Å². The smallest absolute Gasteiger partial charge is 0.417 e. The molecule has 0 aromatic carbocycles. The van der Waals surface area contributed by atoms with Crippen molar-refractivity contribution in [2.24, 2.45) is 5.92 Å². The van der Waals surface area contributed by atoms with Crippen molar-refractivity contribution >= 4 is 17.2 Å². The minimum absolute atomic E-state index is 0.115. The fourth-order valence-electron chi connectivity index (χ4n) is 3.83. The van der Waals surface area contributed by atoms with Gasteiger partial charge in [-0.2, -0.15) is 13.2 Å². The number of hydrogen-bond acceptors (Lipinski definition) is 6. The van der Waals surface area contributed by atoms with Crippen LogP contribution < -0.4 is 10.1 Å². The number of likely N-dealkylation sites (tertiary alicyclic amines) is 1. The van der Waals surface area contributed by atoms with E-state index in [4.69, 9.17) is 10.1 Å². The molecule has 1 aliphatic rings. The van der Waals surface area contributed by atoms with E-state index in [1.165, 1.54) is 19.3 Å². The second-order valence-electron chi connectivity index (χ2n) is 8.17. The third-order valence-corrected chi connectivity index (χ3v) is 5.52. The van der Waals surface area contributed by atoms with E-state index < -0.39 is 54.2 Å². The average Bonchev–Trinajstić information content (AvgIpc) is 2.80. The molecule has 0 bridgehead atoms. The maximum atomic E-state index is 14.4. The molecule has 2 aromatic rings. The molecule has 0 spiro atoms. The zero-order chi connectivity index (χ0) is 25.8. The predicted molar refractivity (Wildman–Crippen MR) is 118 cm³/mol. The van der Waals surface area contributed by atoms with Crippen LogP contribution in [0, 0.1) is 11.3 Å². The third-order valence-electron chi connectivity index (χ3n) is 5.52. The highest BCUT2D eigenvalue weighted by Crippen LogP contribution is 2.35. The first kappa shape index (κ1) is 26.0. The molecule has 2 aromatic heterocycles. The molecule has 2 N–H and O–H groups in total. The minimum Gasteiger partial charge on any atom is -0.475 e. The molecule has 1 saturated heterocycles. The van der Waals surface area contributed by atoms with Gasteiger partial charge in [0.1, 0.15) is 12.3 Å². The largest absolute Gasteiger partial charge is 0.475 e. The van der Waals surface area contributed by atoms with Gasteiger partial charge in [-0.25, -0.2) is 13.8 Å². The summed E-state index contributed by atoms with van der Waals surface area (Å²) in [7, 11) is 1.56. The molecule has 0 saturated carbocycles. The zero-order valence-corrected chi connectivity index (χ0v) is 18.9. The summed E-state index contributed by atoms with van der Waals surface area (Å²) in [5.41, 5.74) is -1.08. The number of hydrogen-bond donors (Lipinski definition) is 2. The summed E-state index contributed by atoms with van der Waals surface area (Å²) in [6.07, 6.45) is -1.62. The number of aromatic nitrogens is 2. The number of nitrogens with zero attached hydrogens (tertiary/aromatic N) is 3. The molecule has 1 fully saturated rings. The van der Waals surface area contributed by atoms with Crippen LogP contribution in [-0.2, 0) is 11.0 Å². The second kappa shape index (κ2) is 10.4. The van der Waals surface area contributed by atoms with Gasteiger partial charge in [0.15, 0.2) is 0 Å². The van der Waals surface area contributed by atoms with E-state index in [0.717, 1.165) is 17.0 Å². The van der Waals surface area contributed by atoms with Crippen LogP contribution in [0.5, 0.6) is 5.88 Å². The van der Waals surface area contributed by atoms with Gasteiger partial charge in [0.05, 0.1) is 23.8 Å². The predicted octanol–water partition coefficient (Wildman–Crippen LogP) is 4.03. The third kappa shape index (κ3) is 6.31. The van der Waals surface area contributed by atoms with E-state index in [1.54, 1.807) is 25.2 Å². The van der Waals surface area contributed by atoms with Crippen LogP contribution in [0.3, 0.4) is 0 Å². The molecular formula is C23H24F5N5O2. The number of pyridine rings is 2. The van der Waals surface area contributed by atoms with E-state index >= 15 is 0 Å². The number of ether oxygens (including phenoxy) is 1. The molecule has 1 unspecified atom stereocenters. The quantitative estimate of drug-likeness (QED) is 0.445. The molecule has 7 nitrogen and oxygen atoms in total. The van der Waals surface area contributed by atoms with Crippen molar-refractivity contribution in [3.05, 3.63) is 60.2 Å². The Balaban J connectivity index is 1.83. The van der Waals surface area contributed by atoms with E-state index in [1.807, 2.05) is 0 Å². The summed E-state index contributed by atoms with van der Waals surface area (Å²) >= 11 is 0. The molecule has 188 valence electrons. The van der Waals surface area contributed by atoms with Crippen LogP contribution in [0.15, 0.2) is 48.9 Å². The molecule has 12 heteroatoms. The zero-order valence-electron chi connectivity index (χ0n) is 18.9. The molecular weight excluding hydrogens is 473 g/mol. The fourth-order valence-corrected chi connectivity index (χ4v) is 3.83. The maximum absolute atomic E-state index is 14.4. The Morgan fingerprint density at radius 2 is 2.03 bits per heavy atom. The fraction of sp³-hybridized carbons (Fsp3) is 0.391. The Morgan fingerprint density at radius 1 is 1.29 bits per heavy atom. The lowest BCUT2D eigenvalue weighted by Crippen LogP contribution is -2.58. The SMILES string of the molecule is CN/C=C(\C(=N)C(=O)N1CC(F)(F)C[C@@H](C)C1COc1ccc(C(F)(F)F)cn1)c1ccccn1. The van der Waals surface area contributed by atoms with Crippen molar-refractivity contribution in [1.29, 1.82) is 5.41 Å². The summed E-state index contributed by atoms with van der Waals surface area (Å²) in [4.78, 5) is 21.9. The normalized spacial score (nSPS) is 20.3. The molecule has 2 atom stereocenters. The van der Waals surface area contributed by atoms with Gasteiger partial charge >= 0.3 is 6.18 Å². The standard InChI is InChI=1S/C23H24F5N5O2/c1-14-9-22(24,25)13-33(18(14)12-35-19-7-6-15(10-32-19)23(26,27)28)21(34)20(29)16(11-30-2)17-5-3-4-8-31-17/h3-8,10-11,14,18,29-30H,9,12-13H2,1-2H3/b16-11-,29-20?/t14-,18?/m1/s1. The van der Waals surface area contributed by atoms with Gasteiger partial charge in [-0.05, 0) is 24.1 Å². The highest BCUT2D eigenvalue weighted by atomic mass is 19.4. The average molecular weight is 497 g/mol. The van der Waals surface area contributed by atoms with Gasteiger partial charge in [0.2, 0.25) is 5.88 Å². The highest BCUT2D eigenvalue weighted by Gasteiger charge is 2.47. The van der Waals surface area contributed by atoms with E-state index in [9.17, 15) is 26.7 Å². The first-order valence-corrected chi connectivity index (χ1v) is 10.7. The Bertz CT molecular complexity index is 1070. The number of carbonyl (C=O) groups is 1. The highest BCUT2D eigenvalue weighted by molar-refractivity contribution is 6.54. The molecule has 3 heterocycles. The first-order valence-electron chi connectivity index (χ1n) is 10.7. The number of carbonyl (C=O) groups excluding carboxylic acids is 1. The lowest BCUT2D eigenvalue weighted by atomic mass is 9.88. The number of piperidine rings is 1. The van der Waals surface area contributed by atoms with E-state index in [2.05, 4.69) is 15.3 Å². The number of rotatable bonds is 7. The van der Waals surface area contributed by atoms with E-state index in [-0.39, 0.29) is 18.1 Å². The summed E-state index contributed by atoms with van der Waals surface area (Å²) < 4.78 is 72.6. The van der Waals surface area contributed by atoms with Crippen LogP contribution in [0.1, 0.15) is 24.6 Å². The molecule has 0 radical (unpaired) electrons. The van der Waals surface area contributed by atoms with Crippen LogP contribution in [0.2, 0.25) is 0 Å². The summed E-state index contributed by atoms with van der Waals surface area (Å²) in [5.74, 6) is -5.00. The second-order valence-corrected chi connectivity index (χ2v) is 8.17. The first-order chi connectivity index (χ1) is 16.4. The van der Waals surface area contributed by atoms with Crippen molar-refractivity contribution < 1.29 is 31.5 Å². The van der Waals surface area contributed by atoms with Crippen LogP contribution in [0.4, 0.5) is 22.0 Å². The van der Waals surface area contributed by atoms with Gasteiger partial charge in [-0.1, -0.05) is 13.0 Å². The number of alkyl halides is 5. The lowest BCUT2D eigenvalue weighted by Gasteiger charge is -2.43. The van der Waals surface area contributed by atoms with Gasteiger partial charge in [0, 0.05) is 43.7 Å². The van der Waals surface area contributed by atoms with Crippen molar-refractivity contribution in [3.8, 4) is 5.88 Å². The van der Waals surface area contributed by atoms with Crippen LogP contribution in [-0.4, -0.2) is 58.7 Å². The summed E-state index contributed by atoms with van der Waals surface area (Å²) in [6.45, 7) is 0.305. The number of halogens is 5. The van der Waals surface area contributed by atoms with Crippen LogP contribution >= 0.6 is 0 Å². The molecule has 1 aliphatic heterocycles. The summed E-state index contributed by atoms with van der Waals surface area (Å²) in [6, 6.07) is 5.84. The van der Waals surface area contributed by atoms with Gasteiger partial charge in [0.25, 0.3) is 11.8 Å². The molecule has 3 rings (SSSR count). The topological polar surface area (TPSA) is 91.2 Å². The Kier molecular flexibility index (Phi) is 7.71. The van der Waals surface area contributed by atoms with Crippen molar-refractivity contribution in [3.63, 3.8) is 0 Å². The van der Waals surface area contributed by atoms with Crippen molar-refractivity contribution in [2.45, 2.75) is 31.5 Å². The Labute approximate surface area is 198 Å². The Hall–Kier alpha value is -3.57. The molecule has 35 heavy (non-hydrogen) atoms.